The van der Waals surface area contributed by atoms with E-state index in [0.717, 1.165) is 25.2 Å². The van der Waals surface area contributed by atoms with E-state index >= 15 is 0 Å². The van der Waals surface area contributed by atoms with E-state index in [0.29, 0.717) is 29.0 Å². The third-order valence-electron chi connectivity index (χ3n) is 3.96. The van der Waals surface area contributed by atoms with Gasteiger partial charge in [0.2, 0.25) is 0 Å². The van der Waals surface area contributed by atoms with Crippen LogP contribution in [0.1, 0.15) is 40.2 Å². The third kappa shape index (κ3) is 3.71. The van der Waals surface area contributed by atoms with E-state index in [2.05, 4.69) is 5.32 Å². The molecule has 1 aromatic carbocycles. The third-order valence-corrected chi connectivity index (χ3v) is 4.19. The lowest BCUT2D eigenvalue weighted by Crippen LogP contribution is -2.20. The normalized spacial score (nSPS) is 14.0. The summed E-state index contributed by atoms with van der Waals surface area (Å²) in [4.78, 5) is 23.1. The first-order valence-corrected chi connectivity index (χ1v) is 7.96. The van der Waals surface area contributed by atoms with Gasteiger partial charge in [0.05, 0.1) is 17.9 Å². The van der Waals surface area contributed by atoms with E-state index in [1.807, 2.05) is 0 Å². The summed E-state index contributed by atoms with van der Waals surface area (Å²) in [5.74, 6) is -0.766. The van der Waals surface area contributed by atoms with E-state index in [9.17, 15) is 9.59 Å². The van der Waals surface area contributed by atoms with Crippen LogP contribution < -0.4 is 10.1 Å². The zero-order valence-electron chi connectivity index (χ0n) is 12.8. The van der Waals surface area contributed by atoms with Gasteiger partial charge >= 0.3 is 5.97 Å². The minimum atomic E-state index is -1.16. The van der Waals surface area contributed by atoms with Crippen molar-refractivity contribution in [3.05, 3.63) is 46.9 Å². The van der Waals surface area contributed by atoms with Gasteiger partial charge in [-0.05, 0) is 37.0 Å². The number of halogens is 1. The standard InChI is InChI=1S/C17H16ClNO5/c18-12-4-5-14(23-8-10-2-1-3-10)13(7-12)19-16(20)15-6-11(9-24-15)17(21)22/h4-7,9-10H,1-3,8H2,(H,19,20)(H,21,22). The summed E-state index contributed by atoms with van der Waals surface area (Å²) >= 11 is 5.99. The van der Waals surface area contributed by atoms with Crippen molar-refractivity contribution >= 4 is 29.2 Å². The molecule has 0 atom stereocenters. The smallest absolute Gasteiger partial charge is 0.338 e. The lowest BCUT2D eigenvalue weighted by Gasteiger charge is -2.25. The van der Waals surface area contributed by atoms with Gasteiger partial charge in [-0.15, -0.1) is 0 Å². The molecule has 2 N–H and O–H groups in total. The molecule has 2 aromatic rings. The van der Waals surface area contributed by atoms with Crippen LogP contribution in [0.15, 0.2) is 34.9 Å². The van der Waals surface area contributed by atoms with Crippen LogP contribution in [0, 0.1) is 5.92 Å². The molecule has 126 valence electrons. The fourth-order valence-corrected chi connectivity index (χ4v) is 2.52. The van der Waals surface area contributed by atoms with Gasteiger partial charge in [-0.1, -0.05) is 18.0 Å². The molecule has 0 saturated heterocycles. The first kappa shape index (κ1) is 16.4. The van der Waals surface area contributed by atoms with Crippen LogP contribution in [-0.2, 0) is 0 Å². The van der Waals surface area contributed by atoms with Gasteiger partial charge in [-0.3, -0.25) is 4.79 Å². The quantitative estimate of drug-likeness (QED) is 0.820. The predicted molar refractivity (Wildman–Crippen MR) is 87.9 cm³/mol. The maximum atomic E-state index is 12.2. The lowest BCUT2D eigenvalue weighted by molar-refractivity contribution is 0.0696. The first-order chi connectivity index (χ1) is 11.5. The molecule has 1 saturated carbocycles. The molecule has 1 aromatic heterocycles. The summed E-state index contributed by atoms with van der Waals surface area (Å²) in [6.45, 7) is 0.592. The van der Waals surface area contributed by atoms with Crippen LogP contribution in [0.5, 0.6) is 5.75 Å². The number of anilines is 1. The molecule has 1 fully saturated rings. The van der Waals surface area contributed by atoms with Crippen LogP contribution in [0.4, 0.5) is 5.69 Å². The van der Waals surface area contributed by atoms with Crippen molar-refractivity contribution in [3.8, 4) is 5.75 Å². The minimum absolute atomic E-state index is 0.0901. The van der Waals surface area contributed by atoms with E-state index in [-0.39, 0.29) is 11.3 Å². The molecule has 0 radical (unpaired) electrons. The summed E-state index contributed by atoms with van der Waals surface area (Å²) in [7, 11) is 0. The van der Waals surface area contributed by atoms with Crippen molar-refractivity contribution in [1.82, 2.24) is 0 Å². The van der Waals surface area contributed by atoms with Gasteiger partial charge < -0.3 is 19.6 Å². The highest BCUT2D eigenvalue weighted by atomic mass is 35.5. The number of hydrogen-bond donors (Lipinski definition) is 2. The van der Waals surface area contributed by atoms with Gasteiger partial charge in [0.15, 0.2) is 5.76 Å². The lowest BCUT2D eigenvalue weighted by atomic mass is 9.86. The summed E-state index contributed by atoms with van der Waals surface area (Å²) in [5.41, 5.74) is 0.327. The summed E-state index contributed by atoms with van der Waals surface area (Å²) in [6, 6.07) is 6.12. The summed E-state index contributed by atoms with van der Waals surface area (Å²) < 4.78 is 10.8. The zero-order valence-corrected chi connectivity index (χ0v) is 13.5. The van der Waals surface area contributed by atoms with Gasteiger partial charge in [0, 0.05) is 11.1 Å². The first-order valence-electron chi connectivity index (χ1n) is 7.58. The molecule has 7 heteroatoms. The molecule has 1 heterocycles. The largest absolute Gasteiger partial charge is 0.491 e. The molecule has 0 aliphatic heterocycles. The van der Waals surface area contributed by atoms with E-state index < -0.39 is 11.9 Å². The number of carboxylic acid groups (broad SMARTS) is 1. The number of rotatable bonds is 6. The molecular weight excluding hydrogens is 334 g/mol. The van der Waals surface area contributed by atoms with Crippen LogP contribution >= 0.6 is 11.6 Å². The Morgan fingerprint density at radius 3 is 2.75 bits per heavy atom. The molecule has 3 rings (SSSR count). The second kappa shape index (κ2) is 6.97. The van der Waals surface area contributed by atoms with Crippen molar-refractivity contribution in [2.24, 2.45) is 5.92 Å². The summed E-state index contributed by atoms with van der Waals surface area (Å²) in [5, 5.41) is 12.0. The average molecular weight is 350 g/mol. The second-order valence-electron chi connectivity index (χ2n) is 5.71. The Labute approximate surface area is 143 Å². The number of benzene rings is 1. The fraction of sp³-hybridized carbons (Fsp3) is 0.294. The molecule has 1 aliphatic rings. The number of hydrogen-bond acceptors (Lipinski definition) is 4. The highest BCUT2D eigenvalue weighted by molar-refractivity contribution is 6.31. The van der Waals surface area contributed by atoms with Gasteiger partial charge in [-0.2, -0.15) is 0 Å². The molecule has 0 bridgehead atoms. The molecule has 0 spiro atoms. The Morgan fingerprint density at radius 2 is 2.12 bits per heavy atom. The molecule has 1 aliphatic carbocycles. The fourth-order valence-electron chi connectivity index (χ4n) is 2.34. The van der Waals surface area contributed by atoms with Crippen LogP contribution in [0.25, 0.3) is 0 Å². The van der Waals surface area contributed by atoms with Gasteiger partial charge in [-0.25, -0.2) is 4.79 Å². The van der Waals surface area contributed by atoms with Crippen molar-refractivity contribution in [2.75, 3.05) is 11.9 Å². The zero-order chi connectivity index (χ0) is 17.1. The van der Waals surface area contributed by atoms with Crippen LogP contribution in [-0.4, -0.2) is 23.6 Å². The maximum Gasteiger partial charge on any atom is 0.338 e. The van der Waals surface area contributed by atoms with Gasteiger partial charge in [0.25, 0.3) is 5.91 Å². The predicted octanol–water partition coefficient (Wildman–Crippen LogP) is 4.06. The van der Waals surface area contributed by atoms with Crippen LogP contribution in [0.2, 0.25) is 5.02 Å². The second-order valence-corrected chi connectivity index (χ2v) is 6.14. The van der Waals surface area contributed by atoms with Crippen molar-refractivity contribution in [1.29, 1.82) is 0 Å². The number of furan rings is 1. The van der Waals surface area contributed by atoms with E-state index in [1.165, 1.54) is 6.42 Å². The molecule has 1 amide bonds. The average Bonchev–Trinajstić information content (AvgIpc) is 2.98. The van der Waals surface area contributed by atoms with Crippen molar-refractivity contribution in [2.45, 2.75) is 19.3 Å². The Hall–Kier alpha value is -2.47. The molecule has 6 nitrogen and oxygen atoms in total. The van der Waals surface area contributed by atoms with Crippen LogP contribution in [0.3, 0.4) is 0 Å². The van der Waals surface area contributed by atoms with Gasteiger partial charge in [0.1, 0.15) is 12.0 Å². The summed E-state index contributed by atoms with van der Waals surface area (Å²) in [6.07, 6.45) is 4.55. The topological polar surface area (TPSA) is 88.8 Å². The SMILES string of the molecule is O=C(O)c1coc(C(=O)Nc2cc(Cl)ccc2OCC2CCC2)c1. The Kier molecular flexibility index (Phi) is 4.76. The Morgan fingerprint density at radius 1 is 1.33 bits per heavy atom. The monoisotopic (exact) mass is 349 g/mol. The van der Waals surface area contributed by atoms with E-state index in [1.54, 1.807) is 18.2 Å². The number of aromatic carboxylic acids is 1. The highest BCUT2D eigenvalue weighted by Gasteiger charge is 2.20. The Balaban J connectivity index is 1.73. The number of nitrogens with one attached hydrogen (secondary N) is 1. The molecule has 0 unspecified atom stereocenters. The number of carboxylic acids is 1. The number of carbonyl (C=O) groups is 2. The van der Waals surface area contributed by atoms with E-state index in [4.69, 9.17) is 25.9 Å². The maximum absolute atomic E-state index is 12.2. The molecular formula is C17H16ClNO5. The van der Waals surface area contributed by atoms with Crippen molar-refractivity contribution in [3.63, 3.8) is 0 Å². The van der Waals surface area contributed by atoms with Crippen molar-refractivity contribution < 1.29 is 23.8 Å². The molecule has 24 heavy (non-hydrogen) atoms. The highest BCUT2D eigenvalue weighted by Crippen LogP contribution is 2.32. The number of ether oxygens (including phenoxy) is 1. The number of carbonyl (C=O) groups excluding carboxylic acids is 1. The number of amides is 1. The Bertz CT molecular complexity index is 766. The minimum Gasteiger partial charge on any atom is -0.491 e.